The molecule has 0 atom stereocenters. The molecule has 0 aromatic carbocycles. The van der Waals surface area contributed by atoms with E-state index in [1.165, 1.54) is 37.7 Å². The number of amides is 1. The number of anilines is 1. The smallest absolute Gasteiger partial charge is 0.242 e. The van der Waals surface area contributed by atoms with Crippen molar-refractivity contribution >= 4 is 11.7 Å². The predicted octanol–water partition coefficient (Wildman–Crippen LogP) is 1.15. The van der Waals surface area contributed by atoms with Crippen LogP contribution in [0.15, 0.2) is 6.33 Å². The van der Waals surface area contributed by atoms with E-state index >= 15 is 0 Å². The number of aromatic nitrogens is 2. The lowest BCUT2D eigenvalue weighted by molar-refractivity contribution is -0.134. The summed E-state index contributed by atoms with van der Waals surface area (Å²) in [6.45, 7) is 4.12. The molecule has 0 bridgehead atoms. The minimum Gasteiger partial charge on any atom is -0.345 e. The van der Waals surface area contributed by atoms with Gasteiger partial charge in [-0.05, 0) is 25.8 Å². The third-order valence-corrected chi connectivity index (χ3v) is 5.67. The van der Waals surface area contributed by atoms with Gasteiger partial charge in [0.25, 0.3) is 0 Å². The van der Waals surface area contributed by atoms with Crippen molar-refractivity contribution in [2.75, 3.05) is 37.6 Å². The molecule has 1 amide bonds. The standard InChI is InChI=1S/C18H27N5O/c24-17-12-22(10-11-23(17)14-4-2-1-3-5-14)18-15-6-8-19-9-7-16(15)20-13-21-18/h13-14,19H,1-12H2. The van der Waals surface area contributed by atoms with Crippen molar-refractivity contribution in [1.29, 1.82) is 0 Å². The third kappa shape index (κ3) is 3.11. The molecule has 6 nitrogen and oxygen atoms in total. The van der Waals surface area contributed by atoms with Gasteiger partial charge in [0.15, 0.2) is 0 Å². The SMILES string of the molecule is O=C1CN(c2ncnc3c2CCNCC3)CCN1C1CCCCC1. The molecule has 3 heterocycles. The number of piperazine rings is 1. The van der Waals surface area contributed by atoms with Crippen molar-refractivity contribution in [3.8, 4) is 0 Å². The molecule has 0 unspecified atom stereocenters. The van der Waals surface area contributed by atoms with E-state index in [4.69, 9.17) is 0 Å². The van der Waals surface area contributed by atoms with Crippen molar-refractivity contribution in [3.05, 3.63) is 17.6 Å². The third-order valence-electron chi connectivity index (χ3n) is 5.67. The highest BCUT2D eigenvalue weighted by molar-refractivity contribution is 5.83. The largest absolute Gasteiger partial charge is 0.345 e. The van der Waals surface area contributed by atoms with Gasteiger partial charge >= 0.3 is 0 Å². The Labute approximate surface area is 143 Å². The molecular weight excluding hydrogens is 302 g/mol. The second kappa shape index (κ2) is 7.05. The number of nitrogens with zero attached hydrogens (tertiary/aromatic N) is 4. The van der Waals surface area contributed by atoms with E-state index < -0.39 is 0 Å². The maximum atomic E-state index is 12.7. The summed E-state index contributed by atoms with van der Waals surface area (Å²) in [5, 5.41) is 3.42. The summed E-state index contributed by atoms with van der Waals surface area (Å²) in [6.07, 6.45) is 9.78. The van der Waals surface area contributed by atoms with E-state index in [1.54, 1.807) is 6.33 Å². The van der Waals surface area contributed by atoms with E-state index in [-0.39, 0.29) is 5.91 Å². The van der Waals surface area contributed by atoms with E-state index in [0.717, 1.165) is 50.5 Å². The van der Waals surface area contributed by atoms with Gasteiger partial charge in [0.2, 0.25) is 5.91 Å². The zero-order valence-corrected chi connectivity index (χ0v) is 14.3. The van der Waals surface area contributed by atoms with Crippen LogP contribution in [0, 0.1) is 0 Å². The summed E-state index contributed by atoms with van der Waals surface area (Å²) < 4.78 is 0. The average molecular weight is 329 g/mol. The highest BCUT2D eigenvalue weighted by Gasteiger charge is 2.32. The summed E-state index contributed by atoms with van der Waals surface area (Å²) in [6, 6.07) is 0.472. The number of hydrogen-bond acceptors (Lipinski definition) is 5. The minimum atomic E-state index is 0.271. The van der Waals surface area contributed by atoms with Crippen LogP contribution in [-0.2, 0) is 17.6 Å². The Morgan fingerprint density at radius 1 is 1.04 bits per heavy atom. The molecule has 1 saturated heterocycles. The number of nitrogens with one attached hydrogen (secondary N) is 1. The van der Waals surface area contributed by atoms with Gasteiger partial charge in [-0.25, -0.2) is 9.97 Å². The first kappa shape index (κ1) is 15.8. The first-order valence-electron chi connectivity index (χ1n) is 9.41. The number of carbonyl (C=O) groups is 1. The molecule has 2 aliphatic heterocycles. The molecule has 1 saturated carbocycles. The molecule has 1 aromatic heterocycles. The molecule has 1 aliphatic carbocycles. The van der Waals surface area contributed by atoms with Gasteiger partial charge in [-0.15, -0.1) is 0 Å². The van der Waals surface area contributed by atoms with Crippen LogP contribution in [0.2, 0.25) is 0 Å². The Balaban J connectivity index is 1.50. The fourth-order valence-electron chi connectivity index (χ4n) is 4.37. The molecule has 4 rings (SSSR count). The quantitative estimate of drug-likeness (QED) is 0.882. The Kier molecular flexibility index (Phi) is 4.65. The molecule has 2 fully saturated rings. The monoisotopic (exact) mass is 329 g/mol. The minimum absolute atomic E-state index is 0.271. The lowest BCUT2D eigenvalue weighted by atomic mass is 9.93. The van der Waals surface area contributed by atoms with Gasteiger partial charge in [0.05, 0.1) is 12.2 Å². The molecule has 130 valence electrons. The lowest BCUT2D eigenvalue weighted by Gasteiger charge is -2.41. The molecular formula is C18H27N5O. The van der Waals surface area contributed by atoms with Gasteiger partial charge in [0, 0.05) is 37.7 Å². The summed E-state index contributed by atoms with van der Waals surface area (Å²) in [5.41, 5.74) is 2.38. The first-order chi connectivity index (χ1) is 11.8. The highest BCUT2D eigenvalue weighted by Crippen LogP contribution is 2.27. The van der Waals surface area contributed by atoms with Crippen LogP contribution >= 0.6 is 0 Å². The van der Waals surface area contributed by atoms with Gasteiger partial charge in [-0.2, -0.15) is 0 Å². The maximum Gasteiger partial charge on any atom is 0.242 e. The predicted molar refractivity (Wildman–Crippen MR) is 93.1 cm³/mol. The van der Waals surface area contributed by atoms with E-state index in [9.17, 15) is 4.79 Å². The molecule has 0 radical (unpaired) electrons. The Morgan fingerprint density at radius 3 is 2.71 bits per heavy atom. The van der Waals surface area contributed by atoms with E-state index in [0.29, 0.717) is 12.6 Å². The fourth-order valence-corrected chi connectivity index (χ4v) is 4.37. The van der Waals surface area contributed by atoms with Crippen LogP contribution in [0.25, 0.3) is 0 Å². The van der Waals surface area contributed by atoms with Crippen LogP contribution < -0.4 is 10.2 Å². The molecule has 3 aliphatic rings. The zero-order chi connectivity index (χ0) is 16.4. The second-order valence-corrected chi connectivity index (χ2v) is 7.17. The number of carbonyl (C=O) groups excluding carboxylic acids is 1. The molecule has 0 spiro atoms. The van der Waals surface area contributed by atoms with Crippen molar-refractivity contribution < 1.29 is 4.79 Å². The number of rotatable bonds is 2. The van der Waals surface area contributed by atoms with Gasteiger partial charge in [0.1, 0.15) is 12.1 Å². The topological polar surface area (TPSA) is 61.4 Å². The van der Waals surface area contributed by atoms with Crippen molar-refractivity contribution in [1.82, 2.24) is 20.2 Å². The Bertz CT molecular complexity index is 599. The van der Waals surface area contributed by atoms with Crippen LogP contribution in [0.5, 0.6) is 0 Å². The van der Waals surface area contributed by atoms with E-state index in [1.807, 2.05) is 0 Å². The van der Waals surface area contributed by atoms with Crippen LogP contribution in [0.3, 0.4) is 0 Å². The Morgan fingerprint density at radius 2 is 1.88 bits per heavy atom. The average Bonchev–Trinajstić information content (AvgIpc) is 2.87. The van der Waals surface area contributed by atoms with Gasteiger partial charge in [-0.1, -0.05) is 19.3 Å². The van der Waals surface area contributed by atoms with Crippen molar-refractivity contribution in [2.45, 2.75) is 51.0 Å². The molecule has 24 heavy (non-hydrogen) atoms. The molecule has 1 aromatic rings. The maximum absolute atomic E-state index is 12.7. The fraction of sp³-hybridized carbons (Fsp3) is 0.722. The Hall–Kier alpha value is -1.69. The summed E-state index contributed by atoms with van der Waals surface area (Å²) in [5.74, 6) is 1.26. The number of fused-ring (bicyclic) bond motifs is 1. The van der Waals surface area contributed by atoms with Crippen molar-refractivity contribution in [2.24, 2.45) is 0 Å². The summed E-state index contributed by atoms with van der Waals surface area (Å²) in [4.78, 5) is 26.1. The lowest BCUT2D eigenvalue weighted by Crippen LogP contribution is -2.54. The summed E-state index contributed by atoms with van der Waals surface area (Å²) >= 11 is 0. The molecule has 1 N–H and O–H groups in total. The second-order valence-electron chi connectivity index (χ2n) is 7.17. The number of hydrogen-bond donors (Lipinski definition) is 1. The van der Waals surface area contributed by atoms with E-state index in [2.05, 4.69) is 25.1 Å². The highest BCUT2D eigenvalue weighted by atomic mass is 16.2. The van der Waals surface area contributed by atoms with Crippen LogP contribution in [0.4, 0.5) is 5.82 Å². The van der Waals surface area contributed by atoms with Crippen LogP contribution in [-0.4, -0.2) is 59.5 Å². The normalized spacial score (nSPS) is 23.1. The van der Waals surface area contributed by atoms with Crippen LogP contribution in [0.1, 0.15) is 43.4 Å². The first-order valence-corrected chi connectivity index (χ1v) is 9.41. The zero-order valence-electron chi connectivity index (χ0n) is 14.3. The molecule has 6 heteroatoms. The van der Waals surface area contributed by atoms with Crippen molar-refractivity contribution in [3.63, 3.8) is 0 Å². The van der Waals surface area contributed by atoms with Gasteiger partial charge < -0.3 is 15.1 Å². The van der Waals surface area contributed by atoms with Gasteiger partial charge in [-0.3, -0.25) is 4.79 Å². The summed E-state index contributed by atoms with van der Waals surface area (Å²) in [7, 11) is 0.